The lowest BCUT2D eigenvalue weighted by Crippen LogP contribution is -2.42. The number of rotatable bonds is 9. The number of hydrogen-bond acceptors (Lipinski definition) is 5. The van der Waals surface area contributed by atoms with Gasteiger partial charge in [0.1, 0.15) is 23.7 Å². The fraction of sp³-hybridized carbons (Fsp3) is 0.286. The topological polar surface area (TPSA) is 86.3 Å². The predicted octanol–water partition coefficient (Wildman–Crippen LogP) is 3.24. The Morgan fingerprint density at radius 3 is 2.35 bits per heavy atom. The van der Waals surface area contributed by atoms with Gasteiger partial charge >= 0.3 is 18.0 Å². The second kappa shape index (κ2) is 9.33. The zero-order valence-corrected chi connectivity index (χ0v) is 17.3. The summed E-state index contributed by atoms with van der Waals surface area (Å²) in [6, 6.07) is 5.55. The Bertz CT molecular complexity index is 1230. The SMILES string of the molecule is C[C@@H](n1ncn(-c2ccc(OCC(F)(F)C(F)F)cc2)c1=O)[C@@](O)(C=O)c1ccc(F)cc1F. The van der Waals surface area contributed by atoms with Crippen molar-refractivity contribution in [3.05, 3.63) is 76.5 Å². The number of aldehydes is 1. The molecule has 7 nitrogen and oxygen atoms in total. The maximum atomic E-state index is 14.2. The van der Waals surface area contributed by atoms with Gasteiger partial charge in [0.2, 0.25) is 0 Å². The van der Waals surface area contributed by atoms with Crippen LogP contribution < -0.4 is 10.4 Å². The lowest BCUT2D eigenvalue weighted by Gasteiger charge is -2.29. The van der Waals surface area contributed by atoms with E-state index in [1.165, 1.54) is 19.1 Å². The number of carbonyl (C=O) groups excluding carboxylic acids is 1. The molecule has 0 aliphatic rings. The summed E-state index contributed by atoms with van der Waals surface area (Å²) in [5.74, 6) is -6.65. The fourth-order valence-corrected chi connectivity index (χ4v) is 3.09. The molecule has 182 valence electrons. The van der Waals surface area contributed by atoms with E-state index in [1.807, 2.05) is 0 Å². The average molecular weight is 489 g/mol. The fourth-order valence-electron chi connectivity index (χ4n) is 3.09. The molecule has 2 atom stereocenters. The molecule has 0 aliphatic heterocycles. The Kier molecular flexibility index (Phi) is 6.87. The first-order chi connectivity index (χ1) is 15.9. The van der Waals surface area contributed by atoms with E-state index in [0.29, 0.717) is 10.7 Å². The van der Waals surface area contributed by atoms with Crippen molar-refractivity contribution in [2.24, 2.45) is 0 Å². The van der Waals surface area contributed by atoms with Crippen molar-refractivity contribution in [3.63, 3.8) is 0 Å². The zero-order chi connectivity index (χ0) is 25.3. The lowest BCUT2D eigenvalue weighted by atomic mass is 9.88. The van der Waals surface area contributed by atoms with E-state index in [4.69, 9.17) is 0 Å². The molecule has 1 aromatic heterocycles. The molecule has 1 heterocycles. The van der Waals surface area contributed by atoms with Crippen molar-refractivity contribution in [2.45, 2.75) is 30.9 Å². The van der Waals surface area contributed by atoms with Crippen LogP contribution in [0.2, 0.25) is 0 Å². The van der Waals surface area contributed by atoms with Crippen molar-refractivity contribution < 1.29 is 41.0 Å². The maximum Gasteiger partial charge on any atom is 0.350 e. The summed E-state index contributed by atoms with van der Waals surface area (Å²) < 4.78 is 84.2. The van der Waals surface area contributed by atoms with E-state index in [0.717, 1.165) is 35.2 Å². The number of halogens is 6. The number of alkyl halides is 4. The molecule has 1 N–H and O–H groups in total. The molecular formula is C21H17F6N3O4. The van der Waals surface area contributed by atoms with Crippen LogP contribution >= 0.6 is 0 Å². The Labute approximate surface area is 187 Å². The van der Waals surface area contributed by atoms with Gasteiger partial charge in [0.25, 0.3) is 0 Å². The minimum Gasteiger partial charge on any atom is -0.487 e. The number of hydrogen-bond donors (Lipinski definition) is 1. The number of aliphatic hydroxyl groups is 1. The molecule has 0 spiro atoms. The van der Waals surface area contributed by atoms with Gasteiger partial charge < -0.3 is 9.84 Å². The van der Waals surface area contributed by atoms with E-state index < -0.39 is 53.5 Å². The van der Waals surface area contributed by atoms with E-state index in [9.17, 15) is 41.0 Å². The van der Waals surface area contributed by atoms with Crippen LogP contribution in [0.4, 0.5) is 26.3 Å². The molecule has 0 bridgehead atoms. The number of aromatic nitrogens is 3. The second-order valence-electron chi connectivity index (χ2n) is 7.32. The summed E-state index contributed by atoms with van der Waals surface area (Å²) in [7, 11) is 0. The summed E-state index contributed by atoms with van der Waals surface area (Å²) in [6.45, 7) is -0.334. The zero-order valence-electron chi connectivity index (χ0n) is 17.3. The van der Waals surface area contributed by atoms with Crippen LogP contribution in [0.5, 0.6) is 5.75 Å². The quantitative estimate of drug-likeness (QED) is 0.369. The Morgan fingerprint density at radius 2 is 1.79 bits per heavy atom. The first-order valence-corrected chi connectivity index (χ1v) is 9.60. The van der Waals surface area contributed by atoms with Crippen LogP contribution in [-0.2, 0) is 10.4 Å². The number of carbonyl (C=O) groups is 1. The Hall–Kier alpha value is -3.61. The Balaban J connectivity index is 1.86. The summed E-state index contributed by atoms with van der Waals surface area (Å²) in [6.07, 6.45) is -2.88. The van der Waals surface area contributed by atoms with Gasteiger partial charge in [0, 0.05) is 11.6 Å². The van der Waals surface area contributed by atoms with Crippen molar-refractivity contribution >= 4 is 6.29 Å². The van der Waals surface area contributed by atoms with Crippen LogP contribution in [0.3, 0.4) is 0 Å². The molecule has 34 heavy (non-hydrogen) atoms. The minimum atomic E-state index is -4.34. The molecule has 0 fully saturated rings. The smallest absolute Gasteiger partial charge is 0.350 e. The van der Waals surface area contributed by atoms with E-state index in [2.05, 4.69) is 9.84 Å². The van der Waals surface area contributed by atoms with E-state index >= 15 is 0 Å². The van der Waals surface area contributed by atoms with Gasteiger partial charge in [0.15, 0.2) is 18.5 Å². The number of nitrogens with zero attached hydrogens (tertiary/aromatic N) is 3. The molecule has 0 unspecified atom stereocenters. The van der Waals surface area contributed by atoms with Gasteiger partial charge in [-0.3, -0.25) is 4.79 Å². The van der Waals surface area contributed by atoms with Gasteiger partial charge in [-0.2, -0.15) is 13.9 Å². The summed E-state index contributed by atoms with van der Waals surface area (Å²) in [5.41, 5.74) is -3.86. The third kappa shape index (κ3) is 4.69. The van der Waals surface area contributed by atoms with Gasteiger partial charge in [-0.05, 0) is 43.3 Å². The van der Waals surface area contributed by atoms with Crippen LogP contribution in [-0.4, -0.2) is 44.7 Å². The van der Waals surface area contributed by atoms with Crippen LogP contribution in [0.15, 0.2) is 53.6 Å². The highest BCUT2D eigenvalue weighted by atomic mass is 19.3. The second-order valence-corrected chi connectivity index (χ2v) is 7.32. The minimum absolute atomic E-state index is 0.000748. The standard InChI is InChI=1S/C21H17F6N3O4/c1-12(20(33,9-31)16-7-2-13(22)8-17(16)23)30-19(32)29(11-28-30)14-3-5-15(6-4-14)34-10-21(26,27)18(24)25/h2-9,11-12,18,33H,10H2,1H3/t12-,20+/m1/s1. The molecule has 0 amide bonds. The third-order valence-corrected chi connectivity index (χ3v) is 5.11. The summed E-state index contributed by atoms with van der Waals surface area (Å²) in [5, 5.41) is 14.6. The first kappa shape index (κ1) is 25.0. The molecule has 13 heteroatoms. The van der Waals surface area contributed by atoms with E-state index in [-0.39, 0.29) is 17.7 Å². The van der Waals surface area contributed by atoms with Crippen LogP contribution in [0, 0.1) is 11.6 Å². The highest BCUT2D eigenvalue weighted by Gasteiger charge is 2.42. The van der Waals surface area contributed by atoms with Gasteiger partial charge in [-0.15, -0.1) is 0 Å². The van der Waals surface area contributed by atoms with Crippen molar-refractivity contribution in [3.8, 4) is 11.4 Å². The molecule has 3 aromatic rings. The molecule has 0 radical (unpaired) electrons. The van der Waals surface area contributed by atoms with Crippen molar-refractivity contribution in [1.29, 1.82) is 0 Å². The molecule has 0 saturated heterocycles. The van der Waals surface area contributed by atoms with Gasteiger partial charge in [-0.25, -0.2) is 31.6 Å². The third-order valence-electron chi connectivity index (χ3n) is 5.11. The predicted molar refractivity (Wildman–Crippen MR) is 105 cm³/mol. The van der Waals surface area contributed by atoms with Crippen LogP contribution in [0.1, 0.15) is 18.5 Å². The molecule has 0 aliphatic carbocycles. The number of ether oxygens (including phenoxy) is 1. The summed E-state index contributed by atoms with van der Waals surface area (Å²) in [4.78, 5) is 24.5. The molecule has 0 saturated carbocycles. The normalized spacial score (nSPS) is 14.6. The average Bonchev–Trinajstić information content (AvgIpc) is 3.18. The van der Waals surface area contributed by atoms with Crippen molar-refractivity contribution in [2.75, 3.05) is 6.61 Å². The first-order valence-electron chi connectivity index (χ1n) is 9.60. The maximum absolute atomic E-state index is 14.2. The molecule has 2 aromatic carbocycles. The highest BCUT2D eigenvalue weighted by molar-refractivity contribution is 5.67. The van der Waals surface area contributed by atoms with Gasteiger partial charge in [0.05, 0.1) is 11.7 Å². The van der Waals surface area contributed by atoms with Crippen LogP contribution in [0.25, 0.3) is 5.69 Å². The number of benzene rings is 2. The van der Waals surface area contributed by atoms with Crippen molar-refractivity contribution in [1.82, 2.24) is 14.3 Å². The summed E-state index contributed by atoms with van der Waals surface area (Å²) >= 11 is 0. The molecular weight excluding hydrogens is 472 g/mol. The van der Waals surface area contributed by atoms with Gasteiger partial charge in [-0.1, -0.05) is 0 Å². The highest BCUT2D eigenvalue weighted by Crippen LogP contribution is 2.32. The Morgan fingerprint density at radius 1 is 1.15 bits per heavy atom. The largest absolute Gasteiger partial charge is 0.487 e. The molecule has 3 rings (SSSR count). The van der Waals surface area contributed by atoms with E-state index in [1.54, 1.807) is 0 Å². The monoisotopic (exact) mass is 489 g/mol. The lowest BCUT2D eigenvalue weighted by molar-refractivity contribution is -0.148.